The van der Waals surface area contributed by atoms with Gasteiger partial charge >= 0.3 is 0 Å². The molecule has 0 saturated heterocycles. The number of aromatic amines is 1. The summed E-state index contributed by atoms with van der Waals surface area (Å²) in [5.74, 6) is 0.490. The van der Waals surface area contributed by atoms with Gasteiger partial charge in [0.15, 0.2) is 0 Å². The fourth-order valence-electron chi connectivity index (χ4n) is 5.06. The molecule has 126 valence electrons. The van der Waals surface area contributed by atoms with Gasteiger partial charge in [-0.2, -0.15) is 0 Å². The number of para-hydroxylation sites is 1. The summed E-state index contributed by atoms with van der Waals surface area (Å²) < 4.78 is 13.6. The Balaban J connectivity index is 1.44. The lowest BCUT2D eigenvalue weighted by Gasteiger charge is -2.42. The van der Waals surface area contributed by atoms with E-state index >= 15 is 0 Å². The lowest BCUT2D eigenvalue weighted by atomic mass is 9.61. The average Bonchev–Trinajstić information content (AvgIpc) is 3.07. The Bertz CT molecular complexity index is 957. The van der Waals surface area contributed by atoms with Crippen LogP contribution in [0.2, 0.25) is 0 Å². The second-order valence-electron chi connectivity index (χ2n) is 7.68. The Labute approximate surface area is 147 Å². The van der Waals surface area contributed by atoms with E-state index in [1.165, 1.54) is 47.7 Å². The number of H-pyrrole nitrogens is 1. The smallest absolute Gasteiger partial charge is 0.123 e. The van der Waals surface area contributed by atoms with Crippen molar-refractivity contribution in [1.29, 1.82) is 0 Å². The molecule has 5 rings (SSSR count). The first kappa shape index (κ1) is 14.9. The van der Waals surface area contributed by atoms with Crippen LogP contribution in [0.3, 0.4) is 0 Å². The second kappa shape index (κ2) is 5.59. The van der Waals surface area contributed by atoms with E-state index in [-0.39, 0.29) is 11.2 Å². The second-order valence-corrected chi connectivity index (χ2v) is 7.68. The first-order valence-electron chi connectivity index (χ1n) is 9.28. The molecule has 0 amide bonds. The summed E-state index contributed by atoms with van der Waals surface area (Å²) in [5, 5.41) is 1.37. The van der Waals surface area contributed by atoms with E-state index in [1.807, 2.05) is 6.07 Å². The minimum atomic E-state index is -0.132. The number of halogens is 1. The molecule has 1 fully saturated rings. The van der Waals surface area contributed by atoms with Gasteiger partial charge in [0, 0.05) is 17.1 Å². The van der Waals surface area contributed by atoms with Crippen molar-refractivity contribution >= 4 is 17.0 Å². The molecule has 1 nitrogen and oxygen atoms in total. The van der Waals surface area contributed by atoms with E-state index in [0.29, 0.717) is 5.92 Å². The summed E-state index contributed by atoms with van der Waals surface area (Å²) in [7, 11) is 0. The molecule has 1 spiro atoms. The van der Waals surface area contributed by atoms with Crippen LogP contribution in [0.25, 0.3) is 17.0 Å². The van der Waals surface area contributed by atoms with Crippen LogP contribution in [0.5, 0.6) is 0 Å². The Morgan fingerprint density at radius 2 is 1.88 bits per heavy atom. The number of benzene rings is 2. The molecule has 1 saturated carbocycles. The van der Waals surface area contributed by atoms with Crippen LogP contribution in [0.15, 0.2) is 54.7 Å². The Hall–Kier alpha value is -2.35. The normalized spacial score (nSPS) is 25.4. The molecular weight excluding hydrogens is 309 g/mol. The fraction of sp³-hybridized carbons (Fsp3) is 0.304. The maximum absolute atomic E-state index is 13.6. The number of allylic oxidation sites excluding steroid dienone is 1. The highest BCUT2D eigenvalue weighted by Gasteiger charge is 2.39. The average molecular weight is 331 g/mol. The van der Waals surface area contributed by atoms with Crippen LogP contribution in [0.1, 0.15) is 54.7 Å². The van der Waals surface area contributed by atoms with E-state index in [9.17, 15) is 4.39 Å². The van der Waals surface area contributed by atoms with E-state index < -0.39 is 0 Å². The van der Waals surface area contributed by atoms with Crippen LogP contribution in [0.4, 0.5) is 4.39 Å². The molecule has 0 aliphatic heterocycles. The van der Waals surface area contributed by atoms with Crippen molar-refractivity contribution in [3.8, 4) is 0 Å². The monoisotopic (exact) mass is 331 g/mol. The third kappa shape index (κ3) is 2.35. The van der Waals surface area contributed by atoms with Gasteiger partial charge in [-0.25, -0.2) is 4.39 Å². The minimum Gasteiger partial charge on any atom is -0.361 e. The van der Waals surface area contributed by atoms with Crippen molar-refractivity contribution in [2.24, 2.45) is 0 Å². The molecular formula is C23H22FN. The van der Waals surface area contributed by atoms with Gasteiger partial charge in [0.1, 0.15) is 5.82 Å². The molecule has 25 heavy (non-hydrogen) atoms. The standard InChI is InChI=1S/C23H22FN/c24-18-7-8-21-17(14-18)4-3-11-23(21)12-9-16(10-13-23)20-15-25-22-6-2-1-5-19(20)22/h1-8,14-16,25H,9-13H2. The Morgan fingerprint density at radius 3 is 2.76 bits per heavy atom. The van der Waals surface area contributed by atoms with E-state index in [1.54, 1.807) is 12.1 Å². The highest BCUT2D eigenvalue weighted by molar-refractivity contribution is 5.83. The summed E-state index contributed by atoms with van der Waals surface area (Å²) in [4.78, 5) is 3.43. The zero-order valence-corrected chi connectivity index (χ0v) is 14.3. The summed E-state index contributed by atoms with van der Waals surface area (Å²) in [6.45, 7) is 0. The first-order chi connectivity index (χ1) is 12.3. The molecule has 1 aromatic heterocycles. The molecule has 1 N–H and O–H groups in total. The largest absolute Gasteiger partial charge is 0.361 e. The van der Waals surface area contributed by atoms with Crippen molar-refractivity contribution in [2.45, 2.75) is 43.4 Å². The van der Waals surface area contributed by atoms with Crippen molar-refractivity contribution in [3.63, 3.8) is 0 Å². The SMILES string of the molecule is Fc1ccc2c(c1)C=CCC21CCC(c2c[nH]c3ccccc23)CC1. The number of fused-ring (bicyclic) bond motifs is 3. The third-order valence-electron chi connectivity index (χ3n) is 6.39. The van der Waals surface area contributed by atoms with Gasteiger partial charge in [-0.1, -0.05) is 36.4 Å². The molecule has 2 aromatic carbocycles. The summed E-state index contributed by atoms with van der Waals surface area (Å²) in [6.07, 6.45) is 12.4. The minimum absolute atomic E-state index is 0.132. The predicted octanol–water partition coefficient (Wildman–Crippen LogP) is 6.32. The zero-order valence-electron chi connectivity index (χ0n) is 14.3. The topological polar surface area (TPSA) is 15.8 Å². The van der Waals surface area contributed by atoms with Gasteiger partial charge in [-0.15, -0.1) is 0 Å². The number of nitrogens with one attached hydrogen (secondary N) is 1. The first-order valence-corrected chi connectivity index (χ1v) is 9.28. The lowest BCUT2D eigenvalue weighted by Crippen LogP contribution is -2.33. The van der Waals surface area contributed by atoms with Crippen molar-refractivity contribution < 1.29 is 4.39 Å². The highest BCUT2D eigenvalue weighted by Crippen LogP contribution is 2.50. The van der Waals surface area contributed by atoms with Gasteiger partial charge in [0.05, 0.1) is 0 Å². The van der Waals surface area contributed by atoms with Crippen LogP contribution in [-0.4, -0.2) is 4.98 Å². The van der Waals surface area contributed by atoms with Gasteiger partial charge < -0.3 is 4.98 Å². The molecule has 2 heteroatoms. The maximum Gasteiger partial charge on any atom is 0.123 e. The number of rotatable bonds is 1. The van der Waals surface area contributed by atoms with Crippen molar-refractivity contribution in [1.82, 2.24) is 4.98 Å². The maximum atomic E-state index is 13.6. The van der Waals surface area contributed by atoms with Crippen LogP contribution in [-0.2, 0) is 5.41 Å². The predicted molar refractivity (Wildman–Crippen MR) is 101 cm³/mol. The molecule has 3 aromatic rings. The Morgan fingerprint density at radius 1 is 1.04 bits per heavy atom. The van der Waals surface area contributed by atoms with Crippen molar-refractivity contribution in [3.05, 3.63) is 77.2 Å². The highest BCUT2D eigenvalue weighted by atomic mass is 19.1. The Kier molecular flexibility index (Phi) is 3.34. The summed E-state index contributed by atoms with van der Waals surface area (Å²) in [5.41, 5.74) is 5.35. The number of aromatic nitrogens is 1. The fourth-order valence-corrected chi connectivity index (χ4v) is 5.06. The van der Waals surface area contributed by atoms with Crippen LogP contribution >= 0.6 is 0 Å². The van der Waals surface area contributed by atoms with Gasteiger partial charge in [-0.3, -0.25) is 0 Å². The van der Waals surface area contributed by atoms with Crippen molar-refractivity contribution in [2.75, 3.05) is 0 Å². The lowest BCUT2D eigenvalue weighted by molar-refractivity contribution is 0.269. The number of hydrogen-bond donors (Lipinski definition) is 1. The van der Waals surface area contributed by atoms with E-state index in [4.69, 9.17) is 0 Å². The van der Waals surface area contributed by atoms with Gasteiger partial charge in [-0.05, 0) is 78.3 Å². The zero-order chi connectivity index (χ0) is 16.9. The van der Waals surface area contributed by atoms with Gasteiger partial charge in [0.2, 0.25) is 0 Å². The van der Waals surface area contributed by atoms with E-state index in [0.717, 1.165) is 12.0 Å². The molecule has 0 atom stereocenters. The molecule has 0 bridgehead atoms. The van der Waals surface area contributed by atoms with E-state index in [2.05, 4.69) is 47.6 Å². The third-order valence-corrected chi connectivity index (χ3v) is 6.39. The quantitative estimate of drug-likeness (QED) is 0.537. The van der Waals surface area contributed by atoms with Gasteiger partial charge in [0.25, 0.3) is 0 Å². The number of hydrogen-bond acceptors (Lipinski definition) is 0. The molecule has 2 aliphatic rings. The summed E-state index contributed by atoms with van der Waals surface area (Å²) >= 11 is 0. The molecule has 0 unspecified atom stereocenters. The summed E-state index contributed by atoms with van der Waals surface area (Å²) in [6, 6.07) is 13.9. The molecule has 2 aliphatic carbocycles. The van der Waals surface area contributed by atoms with Crippen LogP contribution < -0.4 is 0 Å². The molecule has 0 radical (unpaired) electrons. The van der Waals surface area contributed by atoms with Crippen LogP contribution in [0, 0.1) is 5.82 Å². The molecule has 1 heterocycles.